The van der Waals surface area contributed by atoms with Crippen LogP contribution in [0.5, 0.6) is 0 Å². The Morgan fingerprint density at radius 3 is 2.00 bits per heavy atom. The lowest BCUT2D eigenvalue weighted by molar-refractivity contribution is 0.101. The molecule has 0 aliphatic heterocycles. The summed E-state index contributed by atoms with van der Waals surface area (Å²) >= 11 is 0. The quantitative estimate of drug-likeness (QED) is 0.520. The maximum Gasteiger partial charge on any atom is 0.154 e. The molecule has 1 aromatic carbocycles. The van der Waals surface area contributed by atoms with E-state index in [9.17, 15) is 4.79 Å². The Kier molecular flexibility index (Phi) is 6.76. The molecular formula is C11H16BNO. The molecule has 74 valence electrons. The van der Waals surface area contributed by atoms with Crippen molar-refractivity contribution < 1.29 is 4.79 Å². The number of carbonyl (C=O) groups is 1. The first-order valence-electron chi connectivity index (χ1n) is 4.47. The van der Waals surface area contributed by atoms with Crippen molar-refractivity contribution in [2.75, 3.05) is 21.1 Å². The Morgan fingerprint density at radius 1 is 1.21 bits per heavy atom. The highest BCUT2D eigenvalue weighted by molar-refractivity contribution is 6.23. The van der Waals surface area contributed by atoms with Crippen LogP contribution in [0.3, 0.4) is 0 Å². The van der Waals surface area contributed by atoms with E-state index >= 15 is 0 Å². The third-order valence-electron chi connectivity index (χ3n) is 1.28. The monoisotopic (exact) mass is 189 g/mol. The van der Waals surface area contributed by atoms with Gasteiger partial charge in [0.1, 0.15) is 0 Å². The molecule has 2 nitrogen and oxygen atoms in total. The van der Waals surface area contributed by atoms with Crippen molar-refractivity contribution in [3.63, 3.8) is 0 Å². The zero-order chi connectivity index (χ0) is 11.0. The molecule has 0 N–H and O–H groups in total. The minimum absolute atomic E-state index is 0.0133. The molecule has 3 heteroatoms. The van der Waals surface area contributed by atoms with E-state index in [4.69, 9.17) is 7.85 Å². The molecule has 0 amide bonds. The largest absolute Gasteiger partial charge is 0.312 e. The molecule has 0 saturated heterocycles. The summed E-state index contributed by atoms with van der Waals surface area (Å²) in [5.74, 6) is -0.0133. The van der Waals surface area contributed by atoms with Gasteiger partial charge in [0.25, 0.3) is 0 Å². The van der Waals surface area contributed by atoms with Crippen LogP contribution in [0.15, 0.2) is 30.3 Å². The van der Waals surface area contributed by atoms with E-state index in [1.165, 1.54) is 0 Å². The molecule has 2 radical (unpaired) electrons. The van der Waals surface area contributed by atoms with Gasteiger partial charge < -0.3 is 4.90 Å². The van der Waals surface area contributed by atoms with Crippen LogP contribution in [0.2, 0.25) is 6.32 Å². The van der Waals surface area contributed by atoms with E-state index in [0.717, 1.165) is 0 Å². The highest BCUT2D eigenvalue weighted by Gasteiger charge is 1.98. The molecule has 0 aliphatic carbocycles. The summed E-state index contributed by atoms with van der Waals surface area (Å²) in [5.41, 5.74) is 0.685. The third kappa shape index (κ3) is 6.43. The Bertz CT molecular complexity index is 256. The highest BCUT2D eigenvalue weighted by Crippen LogP contribution is 2.00. The van der Waals surface area contributed by atoms with Gasteiger partial charge in [-0.15, -0.1) is 0 Å². The second kappa shape index (κ2) is 7.33. The molecule has 0 saturated carbocycles. The van der Waals surface area contributed by atoms with Crippen molar-refractivity contribution in [2.45, 2.75) is 6.32 Å². The molecule has 14 heavy (non-hydrogen) atoms. The molecule has 0 atom stereocenters. The van der Waals surface area contributed by atoms with Crippen molar-refractivity contribution in [3.05, 3.63) is 35.9 Å². The molecular weight excluding hydrogens is 173 g/mol. The molecule has 1 rings (SSSR count). The van der Waals surface area contributed by atoms with E-state index in [1.54, 1.807) is 12.1 Å². The van der Waals surface area contributed by atoms with E-state index in [-0.39, 0.29) is 12.1 Å². The van der Waals surface area contributed by atoms with Crippen molar-refractivity contribution in [3.8, 4) is 0 Å². The summed E-state index contributed by atoms with van der Waals surface area (Å²) in [6.45, 7) is 0. The van der Waals surface area contributed by atoms with Crippen LogP contribution in [-0.4, -0.2) is 39.7 Å². The van der Waals surface area contributed by atoms with Crippen LogP contribution >= 0.6 is 0 Å². The second-order valence-electron chi connectivity index (χ2n) is 3.33. The molecule has 0 heterocycles. The number of hydrogen-bond acceptors (Lipinski definition) is 2. The lowest BCUT2D eigenvalue weighted by atomic mass is 9.96. The zero-order valence-corrected chi connectivity index (χ0v) is 9.03. The topological polar surface area (TPSA) is 20.3 Å². The van der Waals surface area contributed by atoms with Crippen molar-refractivity contribution in [1.29, 1.82) is 0 Å². The van der Waals surface area contributed by atoms with Crippen LogP contribution in [0.4, 0.5) is 0 Å². The number of nitrogens with zero attached hydrogens (tertiary/aromatic N) is 1. The Balaban J connectivity index is 0.000000364. The lowest BCUT2D eigenvalue weighted by Gasteiger charge is -1.93. The fourth-order valence-electron chi connectivity index (χ4n) is 0.742. The summed E-state index contributed by atoms with van der Waals surface area (Å²) in [7, 11) is 11.2. The van der Waals surface area contributed by atoms with Gasteiger partial charge >= 0.3 is 0 Å². The number of carbonyl (C=O) groups excluding carboxylic acids is 1. The molecule has 0 aromatic heterocycles. The minimum Gasteiger partial charge on any atom is -0.312 e. The number of ketones is 1. The summed E-state index contributed by atoms with van der Waals surface area (Å²) < 4.78 is 0. The van der Waals surface area contributed by atoms with Gasteiger partial charge in [0.2, 0.25) is 0 Å². The maximum absolute atomic E-state index is 10.9. The average Bonchev–Trinajstić information content (AvgIpc) is 2.17. The van der Waals surface area contributed by atoms with Gasteiger partial charge in [-0.2, -0.15) is 0 Å². The summed E-state index contributed by atoms with van der Waals surface area (Å²) in [6.07, 6.45) is 0.0873. The standard InChI is InChI=1S/C8H7BO.C3H9N/c9-6-8(10)7-4-2-1-3-5-7;1-4(2)3/h1-5H,6H2;1-3H3. The van der Waals surface area contributed by atoms with E-state index in [1.807, 2.05) is 44.2 Å². The van der Waals surface area contributed by atoms with Gasteiger partial charge in [0.05, 0.1) is 7.85 Å². The van der Waals surface area contributed by atoms with Gasteiger partial charge in [-0.25, -0.2) is 0 Å². The number of benzene rings is 1. The Hall–Kier alpha value is -1.09. The van der Waals surface area contributed by atoms with Crippen LogP contribution in [0.1, 0.15) is 10.4 Å². The first-order chi connectivity index (χ1) is 6.57. The van der Waals surface area contributed by atoms with E-state index in [2.05, 4.69) is 0 Å². The van der Waals surface area contributed by atoms with Crippen molar-refractivity contribution in [2.24, 2.45) is 0 Å². The Morgan fingerprint density at radius 2 is 1.64 bits per heavy atom. The second-order valence-corrected chi connectivity index (χ2v) is 3.33. The number of hydrogen-bond donors (Lipinski definition) is 0. The van der Waals surface area contributed by atoms with Crippen molar-refractivity contribution in [1.82, 2.24) is 4.90 Å². The smallest absolute Gasteiger partial charge is 0.154 e. The Labute approximate surface area is 87.3 Å². The summed E-state index contributed by atoms with van der Waals surface area (Å²) in [5, 5.41) is 0. The average molecular weight is 189 g/mol. The normalized spacial score (nSPS) is 9.14. The van der Waals surface area contributed by atoms with Crippen LogP contribution < -0.4 is 0 Å². The van der Waals surface area contributed by atoms with Gasteiger partial charge in [-0.1, -0.05) is 30.3 Å². The SMILES string of the molecule is CN(C)C.[B]CC(=O)c1ccccc1. The predicted molar refractivity (Wildman–Crippen MR) is 60.9 cm³/mol. The van der Waals surface area contributed by atoms with Gasteiger partial charge in [0.15, 0.2) is 5.78 Å². The molecule has 0 bridgehead atoms. The predicted octanol–water partition coefficient (Wildman–Crippen LogP) is 1.63. The van der Waals surface area contributed by atoms with E-state index < -0.39 is 0 Å². The molecule has 0 aliphatic rings. The zero-order valence-electron chi connectivity index (χ0n) is 9.03. The molecule has 0 fully saturated rings. The minimum atomic E-state index is -0.0133. The number of Topliss-reactive ketones (excluding diaryl/α,β-unsaturated/α-hetero) is 1. The fourth-order valence-corrected chi connectivity index (χ4v) is 0.742. The first kappa shape index (κ1) is 12.9. The maximum atomic E-state index is 10.9. The van der Waals surface area contributed by atoms with Crippen LogP contribution in [0.25, 0.3) is 0 Å². The summed E-state index contributed by atoms with van der Waals surface area (Å²) in [4.78, 5) is 12.9. The lowest BCUT2D eigenvalue weighted by Crippen LogP contribution is -1.99. The summed E-state index contributed by atoms with van der Waals surface area (Å²) in [6, 6.07) is 9.03. The molecule has 0 unspecified atom stereocenters. The van der Waals surface area contributed by atoms with Crippen LogP contribution in [-0.2, 0) is 0 Å². The fraction of sp³-hybridized carbons (Fsp3) is 0.364. The third-order valence-corrected chi connectivity index (χ3v) is 1.28. The molecule has 1 aromatic rings. The van der Waals surface area contributed by atoms with Gasteiger partial charge in [-0.3, -0.25) is 4.79 Å². The first-order valence-corrected chi connectivity index (χ1v) is 4.47. The van der Waals surface area contributed by atoms with Gasteiger partial charge in [-0.05, 0) is 27.5 Å². The number of rotatable bonds is 2. The molecule has 0 spiro atoms. The van der Waals surface area contributed by atoms with E-state index in [0.29, 0.717) is 5.56 Å². The van der Waals surface area contributed by atoms with Crippen molar-refractivity contribution >= 4 is 13.6 Å². The van der Waals surface area contributed by atoms with Gasteiger partial charge in [0, 0.05) is 5.56 Å². The highest BCUT2D eigenvalue weighted by atomic mass is 16.1. The van der Waals surface area contributed by atoms with Crippen LogP contribution in [0, 0.1) is 0 Å².